The Morgan fingerprint density at radius 1 is 1.19 bits per heavy atom. The highest BCUT2D eigenvalue weighted by molar-refractivity contribution is 6.33. The van der Waals surface area contributed by atoms with Gasteiger partial charge in [-0.05, 0) is 30.3 Å². The Morgan fingerprint density at radius 2 is 1.90 bits per heavy atom. The van der Waals surface area contributed by atoms with E-state index in [0.29, 0.717) is 22.0 Å². The van der Waals surface area contributed by atoms with E-state index in [-0.39, 0.29) is 5.56 Å². The fourth-order valence-corrected chi connectivity index (χ4v) is 1.92. The summed E-state index contributed by atoms with van der Waals surface area (Å²) < 4.78 is 4.67. The zero-order chi connectivity index (χ0) is 15.4. The number of esters is 1. The predicted octanol–water partition coefficient (Wildman–Crippen LogP) is 2.96. The molecule has 0 heterocycles. The van der Waals surface area contributed by atoms with Crippen LogP contribution in [-0.4, -0.2) is 19.0 Å². The molecule has 0 aliphatic rings. The summed E-state index contributed by atoms with van der Waals surface area (Å²) in [5.41, 5.74) is 6.97. The van der Waals surface area contributed by atoms with Gasteiger partial charge in [-0.3, -0.25) is 4.79 Å². The number of carbonyl (C=O) groups is 2. The third-order valence-electron chi connectivity index (χ3n) is 2.84. The molecule has 2 aromatic carbocycles. The first-order valence-electron chi connectivity index (χ1n) is 6.06. The van der Waals surface area contributed by atoms with Crippen molar-refractivity contribution in [3.63, 3.8) is 0 Å². The van der Waals surface area contributed by atoms with E-state index in [4.69, 9.17) is 17.3 Å². The molecular weight excluding hydrogens is 292 g/mol. The summed E-state index contributed by atoms with van der Waals surface area (Å²) >= 11 is 5.89. The molecule has 108 valence electrons. The number of ether oxygens (including phenoxy) is 1. The van der Waals surface area contributed by atoms with E-state index in [1.54, 1.807) is 36.4 Å². The van der Waals surface area contributed by atoms with Crippen molar-refractivity contribution in [3.8, 4) is 0 Å². The van der Waals surface area contributed by atoms with Crippen molar-refractivity contribution in [1.82, 2.24) is 0 Å². The zero-order valence-corrected chi connectivity index (χ0v) is 12.0. The van der Waals surface area contributed by atoms with E-state index >= 15 is 0 Å². The lowest BCUT2D eigenvalue weighted by molar-refractivity contribution is 0.0602. The van der Waals surface area contributed by atoms with Crippen molar-refractivity contribution in [2.75, 3.05) is 18.2 Å². The van der Waals surface area contributed by atoms with E-state index in [0.717, 1.165) is 0 Å². The summed E-state index contributed by atoms with van der Waals surface area (Å²) in [4.78, 5) is 23.8. The summed E-state index contributed by atoms with van der Waals surface area (Å²) in [5.74, 6) is -0.922. The number of nitrogens with one attached hydrogen (secondary N) is 1. The fourth-order valence-electron chi connectivity index (χ4n) is 1.74. The lowest BCUT2D eigenvalue weighted by Crippen LogP contribution is -2.15. The van der Waals surface area contributed by atoms with Gasteiger partial charge in [0.15, 0.2) is 0 Å². The first-order valence-corrected chi connectivity index (χ1v) is 6.44. The standard InChI is InChI=1S/C15H13ClN2O3/c1-21-15(20)10-4-2-3-5-13(10)18-14(19)9-6-7-12(17)11(16)8-9/h2-8H,17H2,1H3,(H,18,19). The maximum absolute atomic E-state index is 12.2. The van der Waals surface area contributed by atoms with Gasteiger partial charge in [0.1, 0.15) is 0 Å². The number of anilines is 2. The second kappa shape index (κ2) is 6.28. The number of nitrogen functional groups attached to an aromatic ring is 1. The van der Waals surface area contributed by atoms with Crippen LogP contribution >= 0.6 is 11.6 Å². The van der Waals surface area contributed by atoms with Crippen LogP contribution in [0.15, 0.2) is 42.5 Å². The maximum atomic E-state index is 12.2. The number of hydrogen-bond donors (Lipinski definition) is 2. The molecule has 2 aromatic rings. The number of rotatable bonds is 3. The normalized spacial score (nSPS) is 10.0. The number of hydrogen-bond acceptors (Lipinski definition) is 4. The van der Waals surface area contributed by atoms with Gasteiger partial charge in [0.2, 0.25) is 0 Å². The van der Waals surface area contributed by atoms with Gasteiger partial charge in [0.25, 0.3) is 5.91 Å². The molecular formula is C15H13ClN2O3. The Balaban J connectivity index is 2.27. The topological polar surface area (TPSA) is 81.4 Å². The first-order chi connectivity index (χ1) is 10.0. The Labute approximate surface area is 126 Å². The van der Waals surface area contributed by atoms with Crippen molar-refractivity contribution >= 4 is 34.9 Å². The molecule has 0 fully saturated rings. The molecule has 0 aromatic heterocycles. The first kappa shape index (κ1) is 14.9. The number of methoxy groups -OCH3 is 1. The smallest absolute Gasteiger partial charge is 0.339 e. The van der Waals surface area contributed by atoms with Crippen LogP contribution in [0, 0.1) is 0 Å². The minimum Gasteiger partial charge on any atom is -0.465 e. The van der Waals surface area contributed by atoms with Crippen molar-refractivity contribution < 1.29 is 14.3 Å². The minimum atomic E-state index is -0.527. The van der Waals surface area contributed by atoms with Crippen LogP contribution in [0.5, 0.6) is 0 Å². The number of benzene rings is 2. The molecule has 0 saturated carbocycles. The van der Waals surface area contributed by atoms with Crippen LogP contribution in [0.25, 0.3) is 0 Å². The van der Waals surface area contributed by atoms with Crippen LogP contribution in [0.3, 0.4) is 0 Å². The molecule has 0 bridgehead atoms. The number of nitrogens with two attached hydrogens (primary N) is 1. The van der Waals surface area contributed by atoms with Gasteiger partial charge in [-0.2, -0.15) is 0 Å². The Bertz CT molecular complexity index is 701. The monoisotopic (exact) mass is 304 g/mol. The molecule has 2 rings (SSSR count). The zero-order valence-electron chi connectivity index (χ0n) is 11.2. The number of para-hydroxylation sites is 1. The van der Waals surface area contributed by atoms with Gasteiger partial charge in [-0.25, -0.2) is 4.79 Å². The van der Waals surface area contributed by atoms with Crippen molar-refractivity contribution in [1.29, 1.82) is 0 Å². The lowest BCUT2D eigenvalue weighted by atomic mass is 10.1. The lowest BCUT2D eigenvalue weighted by Gasteiger charge is -2.10. The van der Waals surface area contributed by atoms with Gasteiger partial charge in [0.05, 0.1) is 29.1 Å². The highest BCUT2D eigenvalue weighted by Crippen LogP contribution is 2.21. The van der Waals surface area contributed by atoms with Gasteiger partial charge in [-0.15, -0.1) is 0 Å². The van der Waals surface area contributed by atoms with Crippen LogP contribution in [0.2, 0.25) is 5.02 Å². The minimum absolute atomic E-state index is 0.273. The van der Waals surface area contributed by atoms with Crippen LogP contribution in [-0.2, 0) is 4.74 Å². The number of carbonyl (C=O) groups excluding carboxylic acids is 2. The highest BCUT2D eigenvalue weighted by Gasteiger charge is 2.14. The molecule has 1 amide bonds. The maximum Gasteiger partial charge on any atom is 0.339 e. The molecule has 0 spiro atoms. The second-order valence-corrected chi connectivity index (χ2v) is 4.63. The van der Waals surface area contributed by atoms with Gasteiger partial charge in [-0.1, -0.05) is 23.7 Å². The van der Waals surface area contributed by atoms with Gasteiger partial charge in [0, 0.05) is 5.56 Å². The van der Waals surface area contributed by atoms with Crippen LogP contribution in [0.4, 0.5) is 11.4 Å². The summed E-state index contributed by atoms with van der Waals surface area (Å²) in [6.45, 7) is 0. The Hall–Kier alpha value is -2.53. The second-order valence-electron chi connectivity index (χ2n) is 4.23. The highest BCUT2D eigenvalue weighted by atomic mass is 35.5. The number of halogens is 1. The van der Waals surface area contributed by atoms with Gasteiger partial charge >= 0.3 is 5.97 Å². The van der Waals surface area contributed by atoms with Crippen LogP contribution in [0.1, 0.15) is 20.7 Å². The van der Waals surface area contributed by atoms with E-state index in [1.807, 2.05) is 0 Å². The van der Waals surface area contributed by atoms with Crippen LogP contribution < -0.4 is 11.1 Å². The summed E-state index contributed by atoms with van der Waals surface area (Å²) in [5, 5.41) is 2.94. The van der Waals surface area contributed by atoms with E-state index in [1.165, 1.54) is 13.2 Å². The molecule has 21 heavy (non-hydrogen) atoms. The molecule has 5 nitrogen and oxygen atoms in total. The van der Waals surface area contributed by atoms with E-state index in [2.05, 4.69) is 10.1 Å². The summed E-state index contributed by atoms with van der Waals surface area (Å²) in [6.07, 6.45) is 0. The van der Waals surface area contributed by atoms with E-state index in [9.17, 15) is 9.59 Å². The largest absolute Gasteiger partial charge is 0.465 e. The van der Waals surface area contributed by atoms with E-state index < -0.39 is 11.9 Å². The molecule has 0 radical (unpaired) electrons. The molecule has 3 N–H and O–H groups in total. The third kappa shape index (κ3) is 3.32. The van der Waals surface area contributed by atoms with Crippen molar-refractivity contribution in [2.24, 2.45) is 0 Å². The molecule has 0 atom stereocenters. The summed E-state index contributed by atoms with van der Waals surface area (Å²) in [6, 6.07) is 11.1. The number of amides is 1. The molecule has 0 aliphatic carbocycles. The SMILES string of the molecule is COC(=O)c1ccccc1NC(=O)c1ccc(N)c(Cl)c1. The molecule has 0 aliphatic heterocycles. The quantitative estimate of drug-likeness (QED) is 0.674. The molecule has 6 heteroatoms. The third-order valence-corrected chi connectivity index (χ3v) is 3.17. The van der Waals surface area contributed by atoms with Crippen molar-refractivity contribution in [2.45, 2.75) is 0 Å². The Morgan fingerprint density at radius 3 is 2.57 bits per heavy atom. The average molecular weight is 305 g/mol. The fraction of sp³-hybridized carbons (Fsp3) is 0.0667. The predicted molar refractivity (Wildman–Crippen MR) is 81.6 cm³/mol. The summed E-state index contributed by atoms with van der Waals surface area (Å²) in [7, 11) is 1.28. The average Bonchev–Trinajstić information content (AvgIpc) is 2.49. The molecule has 0 unspecified atom stereocenters. The molecule has 0 saturated heterocycles. The van der Waals surface area contributed by atoms with Crippen molar-refractivity contribution in [3.05, 3.63) is 58.6 Å². The Kier molecular flexibility index (Phi) is 4.45. The van der Waals surface area contributed by atoms with Gasteiger partial charge < -0.3 is 15.8 Å².